The van der Waals surface area contributed by atoms with Crippen LogP contribution in [0.2, 0.25) is 10.0 Å². The van der Waals surface area contributed by atoms with E-state index in [0.717, 1.165) is 9.79 Å². The van der Waals surface area contributed by atoms with Crippen molar-refractivity contribution in [2.45, 2.75) is 16.7 Å². The molecule has 17 heavy (non-hydrogen) atoms. The summed E-state index contributed by atoms with van der Waals surface area (Å²) in [6.07, 6.45) is 0. The number of hydrogen-bond donors (Lipinski definition) is 1. The Balaban J connectivity index is 2.36. The third kappa shape index (κ3) is 3.09. The lowest BCUT2D eigenvalue weighted by atomic mass is 10.2. The molecule has 0 amide bonds. The average Bonchev–Trinajstić information content (AvgIpc) is 2.23. The van der Waals surface area contributed by atoms with Gasteiger partial charge in [-0.1, -0.05) is 52.7 Å². The van der Waals surface area contributed by atoms with Crippen molar-refractivity contribution in [2.24, 2.45) is 0 Å². The quantitative estimate of drug-likeness (QED) is 0.782. The third-order valence-electron chi connectivity index (χ3n) is 2.23. The van der Waals surface area contributed by atoms with Gasteiger partial charge in [0, 0.05) is 15.5 Å². The van der Waals surface area contributed by atoms with Gasteiger partial charge in [-0.3, -0.25) is 0 Å². The fourth-order valence-corrected chi connectivity index (χ4v) is 3.15. The molecule has 0 heterocycles. The van der Waals surface area contributed by atoms with Crippen LogP contribution in [0.15, 0.2) is 46.2 Å². The molecule has 0 saturated heterocycles. The molecule has 0 radical (unpaired) electrons. The minimum Gasteiger partial charge on any atom is -0.399 e. The SMILES string of the molecule is Cc1cccc(Sc2c(Cl)cc(N)cc2Cl)c1. The van der Waals surface area contributed by atoms with Crippen molar-refractivity contribution in [3.05, 3.63) is 52.0 Å². The van der Waals surface area contributed by atoms with E-state index in [1.165, 1.54) is 5.56 Å². The Hall–Kier alpha value is -0.830. The van der Waals surface area contributed by atoms with E-state index in [-0.39, 0.29) is 0 Å². The van der Waals surface area contributed by atoms with Crippen LogP contribution >= 0.6 is 35.0 Å². The molecule has 0 fully saturated rings. The van der Waals surface area contributed by atoms with Crippen molar-refractivity contribution < 1.29 is 0 Å². The van der Waals surface area contributed by atoms with Gasteiger partial charge in [-0.05, 0) is 31.2 Å². The van der Waals surface area contributed by atoms with Gasteiger partial charge in [0.25, 0.3) is 0 Å². The molecule has 0 spiro atoms. The molecule has 0 aromatic heterocycles. The highest BCUT2D eigenvalue weighted by atomic mass is 35.5. The van der Waals surface area contributed by atoms with Gasteiger partial charge in [-0.25, -0.2) is 0 Å². The molecule has 0 aliphatic carbocycles. The van der Waals surface area contributed by atoms with Crippen LogP contribution < -0.4 is 5.73 Å². The summed E-state index contributed by atoms with van der Waals surface area (Å²) in [5.74, 6) is 0. The molecular formula is C13H11Cl2NS. The number of aryl methyl sites for hydroxylation is 1. The third-order valence-corrected chi connectivity index (χ3v) is 4.18. The molecule has 2 rings (SSSR count). The Morgan fingerprint density at radius 1 is 1.06 bits per heavy atom. The summed E-state index contributed by atoms with van der Waals surface area (Å²) in [6.45, 7) is 2.05. The maximum atomic E-state index is 6.14. The summed E-state index contributed by atoms with van der Waals surface area (Å²) < 4.78 is 0. The van der Waals surface area contributed by atoms with Crippen molar-refractivity contribution in [3.63, 3.8) is 0 Å². The summed E-state index contributed by atoms with van der Waals surface area (Å²) in [5.41, 5.74) is 7.45. The summed E-state index contributed by atoms with van der Waals surface area (Å²) in [5, 5.41) is 1.17. The monoisotopic (exact) mass is 283 g/mol. The van der Waals surface area contributed by atoms with Crippen LogP contribution in [0.25, 0.3) is 0 Å². The highest BCUT2D eigenvalue weighted by molar-refractivity contribution is 7.99. The van der Waals surface area contributed by atoms with Gasteiger partial charge in [-0.2, -0.15) is 0 Å². The van der Waals surface area contributed by atoms with Gasteiger partial charge in [-0.15, -0.1) is 0 Å². The second-order valence-corrected chi connectivity index (χ2v) is 5.63. The summed E-state index contributed by atoms with van der Waals surface area (Å²) in [6, 6.07) is 11.6. The van der Waals surface area contributed by atoms with Crippen LogP contribution in [-0.4, -0.2) is 0 Å². The fraction of sp³-hybridized carbons (Fsp3) is 0.0769. The first-order valence-electron chi connectivity index (χ1n) is 5.05. The number of anilines is 1. The average molecular weight is 284 g/mol. The zero-order valence-corrected chi connectivity index (χ0v) is 11.5. The molecule has 0 aliphatic heterocycles. The Bertz CT molecular complexity index is 532. The minimum absolute atomic E-state index is 0.577. The molecule has 4 heteroatoms. The zero-order chi connectivity index (χ0) is 12.4. The highest BCUT2D eigenvalue weighted by Gasteiger charge is 2.09. The first kappa shape index (κ1) is 12.6. The topological polar surface area (TPSA) is 26.0 Å². The van der Waals surface area contributed by atoms with E-state index in [1.54, 1.807) is 23.9 Å². The molecule has 88 valence electrons. The normalized spacial score (nSPS) is 10.5. The lowest BCUT2D eigenvalue weighted by Gasteiger charge is -2.08. The second kappa shape index (κ2) is 5.21. The molecule has 1 nitrogen and oxygen atoms in total. The highest BCUT2D eigenvalue weighted by Crippen LogP contribution is 2.40. The number of halogens is 2. The van der Waals surface area contributed by atoms with Crippen molar-refractivity contribution in [1.29, 1.82) is 0 Å². The molecular weight excluding hydrogens is 273 g/mol. The molecule has 0 aliphatic rings. The van der Waals surface area contributed by atoms with E-state index in [0.29, 0.717) is 15.7 Å². The maximum Gasteiger partial charge on any atom is 0.0581 e. The smallest absolute Gasteiger partial charge is 0.0581 e. The first-order chi connectivity index (χ1) is 8.06. The van der Waals surface area contributed by atoms with E-state index in [4.69, 9.17) is 28.9 Å². The van der Waals surface area contributed by atoms with Crippen LogP contribution in [-0.2, 0) is 0 Å². The standard InChI is InChI=1S/C13H11Cl2NS/c1-8-3-2-4-10(5-8)17-13-11(14)6-9(16)7-12(13)15/h2-7H,16H2,1H3. The Morgan fingerprint density at radius 3 is 2.29 bits per heavy atom. The van der Waals surface area contributed by atoms with Crippen LogP contribution in [0.1, 0.15) is 5.56 Å². The number of nitrogen functional groups attached to an aromatic ring is 1. The number of nitrogens with two attached hydrogens (primary N) is 1. The molecule has 2 aromatic rings. The van der Waals surface area contributed by atoms with E-state index < -0.39 is 0 Å². The van der Waals surface area contributed by atoms with Gasteiger partial charge >= 0.3 is 0 Å². The molecule has 0 atom stereocenters. The second-order valence-electron chi connectivity index (χ2n) is 3.73. The predicted molar refractivity (Wildman–Crippen MR) is 76.2 cm³/mol. The first-order valence-corrected chi connectivity index (χ1v) is 6.62. The summed E-state index contributed by atoms with van der Waals surface area (Å²) in [7, 11) is 0. The van der Waals surface area contributed by atoms with Gasteiger partial charge < -0.3 is 5.73 Å². The molecule has 2 aromatic carbocycles. The number of hydrogen-bond acceptors (Lipinski definition) is 2. The number of rotatable bonds is 2. The van der Waals surface area contributed by atoms with E-state index in [9.17, 15) is 0 Å². The van der Waals surface area contributed by atoms with Crippen molar-refractivity contribution >= 4 is 40.7 Å². The van der Waals surface area contributed by atoms with Crippen LogP contribution in [0.3, 0.4) is 0 Å². The van der Waals surface area contributed by atoms with Crippen molar-refractivity contribution in [3.8, 4) is 0 Å². The van der Waals surface area contributed by atoms with Crippen LogP contribution in [0, 0.1) is 6.92 Å². The van der Waals surface area contributed by atoms with E-state index >= 15 is 0 Å². The van der Waals surface area contributed by atoms with E-state index in [1.807, 2.05) is 12.1 Å². The lowest BCUT2D eigenvalue weighted by molar-refractivity contribution is 1.35. The summed E-state index contributed by atoms with van der Waals surface area (Å²) >= 11 is 13.8. The van der Waals surface area contributed by atoms with Gasteiger partial charge in [0.05, 0.1) is 10.0 Å². The minimum atomic E-state index is 0.577. The fourth-order valence-electron chi connectivity index (χ4n) is 1.47. The summed E-state index contributed by atoms with van der Waals surface area (Å²) in [4.78, 5) is 1.95. The molecule has 0 saturated carbocycles. The van der Waals surface area contributed by atoms with Gasteiger partial charge in [0.1, 0.15) is 0 Å². The Labute approximate surface area is 115 Å². The molecule has 0 bridgehead atoms. The molecule has 2 N–H and O–H groups in total. The zero-order valence-electron chi connectivity index (χ0n) is 9.21. The number of benzene rings is 2. The van der Waals surface area contributed by atoms with Crippen LogP contribution in [0.4, 0.5) is 5.69 Å². The maximum absolute atomic E-state index is 6.14. The Kier molecular flexibility index (Phi) is 3.87. The lowest BCUT2D eigenvalue weighted by Crippen LogP contribution is -1.86. The van der Waals surface area contributed by atoms with Crippen molar-refractivity contribution in [1.82, 2.24) is 0 Å². The predicted octanol–water partition coefficient (Wildman–Crippen LogP) is 5.04. The van der Waals surface area contributed by atoms with Gasteiger partial charge in [0.15, 0.2) is 0 Å². The van der Waals surface area contributed by atoms with E-state index in [2.05, 4.69) is 19.1 Å². The van der Waals surface area contributed by atoms with Gasteiger partial charge in [0.2, 0.25) is 0 Å². The van der Waals surface area contributed by atoms with Crippen LogP contribution in [0.5, 0.6) is 0 Å². The molecule has 0 unspecified atom stereocenters. The largest absolute Gasteiger partial charge is 0.399 e. The van der Waals surface area contributed by atoms with Crippen molar-refractivity contribution in [2.75, 3.05) is 5.73 Å². The Morgan fingerprint density at radius 2 is 1.71 bits per heavy atom.